The lowest BCUT2D eigenvalue weighted by atomic mass is 9.79. The summed E-state index contributed by atoms with van der Waals surface area (Å²) in [6.45, 7) is 13.4. The van der Waals surface area contributed by atoms with Gasteiger partial charge in [0.05, 0.1) is 46.5 Å². The molecule has 1 amide bonds. The maximum Gasteiger partial charge on any atom is 0.351 e. The van der Waals surface area contributed by atoms with E-state index in [1.54, 1.807) is 50.7 Å². The van der Waals surface area contributed by atoms with Gasteiger partial charge in [-0.15, -0.1) is 0 Å². The largest absolute Gasteiger partial charge is 0.497 e. The Labute approximate surface area is 384 Å². The van der Waals surface area contributed by atoms with Gasteiger partial charge in [-0.3, -0.25) is 14.3 Å². The summed E-state index contributed by atoms with van der Waals surface area (Å²) in [5, 5.41) is 12.2. The topological polar surface area (TPSA) is 150 Å². The second kappa shape index (κ2) is 22.6. The second-order valence-electron chi connectivity index (χ2n) is 16.7. The molecule has 1 aliphatic rings. The maximum atomic E-state index is 14.0. The van der Waals surface area contributed by atoms with E-state index in [1.807, 2.05) is 84.9 Å². The third-order valence-electron chi connectivity index (χ3n) is 11.2. The normalized spacial score (nSPS) is 17.3. The summed E-state index contributed by atoms with van der Waals surface area (Å²) in [6.07, 6.45) is 0.931. The molecular formula is C50H61N6O8P. The number of anilines is 1. The highest BCUT2D eigenvalue weighted by atomic mass is 31.2. The molecule has 1 aromatic heterocycles. The van der Waals surface area contributed by atoms with Gasteiger partial charge in [-0.25, -0.2) is 9.46 Å². The summed E-state index contributed by atoms with van der Waals surface area (Å²) < 4.78 is 43.0. The Kier molecular flexibility index (Phi) is 17.0. The predicted molar refractivity (Wildman–Crippen MR) is 252 cm³/mol. The molecule has 5 aromatic rings. The molecule has 1 fully saturated rings. The quantitative estimate of drug-likeness (QED) is 0.0426. The van der Waals surface area contributed by atoms with E-state index in [4.69, 9.17) is 28.0 Å². The monoisotopic (exact) mass is 904 g/mol. The smallest absolute Gasteiger partial charge is 0.351 e. The van der Waals surface area contributed by atoms with E-state index >= 15 is 0 Å². The van der Waals surface area contributed by atoms with Crippen molar-refractivity contribution in [3.05, 3.63) is 154 Å². The zero-order valence-electron chi connectivity index (χ0n) is 38.5. The van der Waals surface area contributed by atoms with Crippen LogP contribution in [-0.2, 0) is 24.1 Å². The van der Waals surface area contributed by atoms with Gasteiger partial charge in [0.1, 0.15) is 28.5 Å². The molecule has 0 saturated carbocycles. The van der Waals surface area contributed by atoms with Gasteiger partial charge < -0.3 is 33.3 Å². The molecule has 15 heteroatoms. The van der Waals surface area contributed by atoms with Crippen molar-refractivity contribution in [1.82, 2.24) is 19.1 Å². The van der Waals surface area contributed by atoms with E-state index in [0.717, 1.165) is 16.7 Å². The van der Waals surface area contributed by atoms with Crippen LogP contribution in [0.5, 0.6) is 11.5 Å². The van der Waals surface area contributed by atoms with E-state index < -0.39 is 31.6 Å². The van der Waals surface area contributed by atoms with Crippen LogP contribution in [-0.4, -0.2) is 95.9 Å². The fourth-order valence-electron chi connectivity index (χ4n) is 8.02. The van der Waals surface area contributed by atoms with E-state index in [2.05, 4.69) is 67.5 Å². The molecule has 1 saturated heterocycles. The second-order valence-corrected chi connectivity index (χ2v) is 18.2. The number of benzene rings is 4. The zero-order chi connectivity index (χ0) is 46.6. The molecule has 6 rings (SSSR count). The summed E-state index contributed by atoms with van der Waals surface area (Å²) >= 11 is 0. The van der Waals surface area contributed by atoms with Gasteiger partial charge in [-0.2, -0.15) is 10.2 Å². The Morgan fingerprint density at radius 3 is 1.94 bits per heavy atom. The lowest BCUT2D eigenvalue weighted by molar-refractivity contribution is -0.231. The number of hydrogen-bond donors (Lipinski definition) is 1. The molecule has 1 aliphatic heterocycles. The fraction of sp³-hybridized carbons (Fsp3) is 0.400. The molecule has 344 valence electrons. The van der Waals surface area contributed by atoms with Gasteiger partial charge in [-0.1, -0.05) is 72.8 Å². The molecule has 4 aromatic carbocycles. The average molecular weight is 905 g/mol. The summed E-state index contributed by atoms with van der Waals surface area (Å²) in [5.41, 5.74) is -0.0949. The maximum absolute atomic E-state index is 14.0. The molecule has 2 heterocycles. The van der Waals surface area contributed by atoms with Crippen LogP contribution < -0.4 is 20.5 Å². The summed E-state index contributed by atoms with van der Waals surface area (Å²) in [4.78, 5) is 33.6. The predicted octanol–water partition coefficient (Wildman–Crippen LogP) is 8.79. The SMILES string of the molecule is COc1ccc(C(OC[C@@]2(COP(OCCC#N)N(C(C)C)C(C)C)CN(C(C)C)C[C@H](n3ccc(NC(=O)c4ccccc4)nc3=O)O2)(c2ccccc2)c2ccc(OC)cc2)cc1. The van der Waals surface area contributed by atoms with E-state index in [-0.39, 0.29) is 56.1 Å². The van der Waals surface area contributed by atoms with Crippen LogP contribution in [0.25, 0.3) is 0 Å². The number of hydrogen-bond acceptors (Lipinski definition) is 12. The number of rotatable bonds is 21. The molecule has 0 radical (unpaired) electrons. The molecule has 14 nitrogen and oxygen atoms in total. The Morgan fingerprint density at radius 1 is 0.846 bits per heavy atom. The van der Waals surface area contributed by atoms with Crippen molar-refractivity contribution in [2.75, 3.05) is 52.4 Å². The third kappa shape index (κ3) is 11.9. The molecule has 0 spiro atoms. The first kappa shape index (κ1) is 49.0. The number of nitriles is 1. The molecule has 1 unspecified atom stereocenters. The van der Waals surface area contributed by atoms with Crippen LogP contribution in [0.2, 0.25) is 0 Å². The van der Waals surface area contributed by atoms with E-state index in [1.165, 1.54) is 4.57 Å². The summed E-state index contributed by atoms with van der Waals surface area (Å²) in [7, 11) is 1.56. The first-order chi connectivity index (χ1) is 31.3. The Hall–Kier alpha value is -5.49. The fourth-order valence-corrected chi connectivity index (χ4v) is 9.71. The number of aromatic nitrogens is 2. The highest BCUT2D eigenvalue weighted by Gasteiger charge is 2.48. The standard InChI is InChI=1S/C50H61N6O8P/c1-36(2)54-32-46(55-30-28-45(53-48(55)58)52-47(57)39-16-11-9-12-17-39)64-49(33-54,35-63-65(62-31-15-29-51)56(37(3)4)38(5)6)34-61-50(40-18-13-10-14-19-40,41-20-24-43(59-7)25-21-41)42-22-26-44(60-8)27-23-42/h9-14,16-28,30,36-38,46H,15,31-35H2,1-8H3,(H,52,53,57,58)/t46-,49-,65?/m1/s1. The van der Waals surface area contributed by atoms with Crippen LogP contribution in [0.3, 0.4) is 0 Å². The van der Waals surface area contributed by atoms with Gasteiger partial charge in [0.2, 0.25) is 0 Å². The van der Waals surface area contributed by atoms with Gasteiger partial charge in [0.25, 0.3) is 14.4 Å². The number of methoxy groups -OCH3 is 2. The van der Waals surface area contributed by atoms with Gasteiger partial charge in [0.15, 0.2) is 6.23 Å². The van der Waals surface area contributed by atoms with E-state index in [0.29, 0.717) is 30.2 Å². The molecule has 3 atom stereocenters. The summed E-state index contributed by atoms with van der Waals surface area (Å²) in [5.74, 6) is 1.11. The Morgan fingerprint density at radius 2 is 1.42 bits per heavy atom. The first-order valence-corrected chi connectivity index (χ1v) is 23.0. The number of nitrogens with zero attached hydrogens (tertiary/aromatic N) is 5. The minimum absolute atomic E-state index is 0.00661. The van der Waals surface area contributed by atoms with Crippen LogP contribution >= 0.6 is 8.53 Å². The average Bonchev–Trinajstić information content (AvgIpc) is 3.31. The molecular weight excluding hydrogens is 844 g/mol. The van der Waals surface area contributed by atoms with Gasteiger partial charge >= 0.3 is 5.69 Å². The third-order valence-corrected chi connectivity index (χ3v) is 13.3. The number of carbonyl (C=O) groups is 1. The van der Waals surface area contributed by atoms with Crippen molar-refractivity contribution < 1.29 is 32.8 Å². The van der Waals surface area contributed by atoms with Crippen LogP contribution in [0.15, 0.2) is 126 Å². The van der Waals surface area contributed by atoms with Crippen LogP contribution in [0, 0.1) is 11.3 Å². The first-order valence-electron chi connectivity index (χ1n) is 21.9. The number of carbonyl (C=O) groups excluding carboxylic acids is 1. The Bertz CT molecular complexity index is 2320. The minimum Gasteiger partial charge on any atom is -0.497 e. The zero-order valence-corrected chi connectivity index (χ0v) is 39.4. The van der Waals surface area contributed by atoms with Crippen molar-refractivity contribution >= 4 is 20.3 Å². The van der Waals surface area contributed by atoms with Gasteiger partial charge in [-0.05, 0) is 101 Å². The molecule has 1 N–H and O–H groups in total. The molecule has 0 bridgehead atoms. The van der Waals surface area contributed by atoms with Crippen molar-refractivity contribution in [3.8, 4) is 17.6 Å². The van der Waals surface area contributed by atoms with Crippen molar-refractivity contribution in [1.29, 1.82) is 5.26 Å². The highest BCUT2D eigenvalue weighted by Crippen LogP contribution is 2.48. The lowest BCUT2D eigenvalue weighted by Crippen LogP contribution is -2.61. The van der Waals surface area contributed by atoms with Gasteiger partial charge in [0, 0.05) is 43.0 Å². The lowest BCUT2D eigenvalue weighted by Gasteiger charge is -2.49. The number of morpholine rings is 1. The van der Waals surface area contributed by atoms with Crippen molar-refractivity contribution in [2.45, 2.75) is 83.5 Å². The molecule has 65 heavy (non-hydrogen) atoms. The van der Waals surface area contributed by atoms with Crippen LogP contribution in [0.1, 0.15) is 81.2 Å². The number of ether oxygens (including phenoxy) is 4. The Balaban J connectivity index is 1.48. The highest BCUT2D eigenvalue weighted by molar-refractivity contribution is 7.44. The number of amides is 1. The summed E-state index contributed by atoms with van der Waals surface area (Å²) in [6, 6.07) is 38.3. The van der Waals surface area contributed by atoms with E-state index in [9.17, 15) is 14.9 Å². The molecule has 0 aliphatic carbocycles. The van der Waals surface area contributed by atoms with Crippen molar-refractivity contribution in [3.63, 3.8) is 0 Å². The number of nitrogens with one attached hydrogen (secondary N) is 1. The minimum atomic E-state index is -1.71. The van der Waals surface area contributed by atoms with Crippen LogP contribution in [0.4, 0.5) is 5.82 Å². The van der Waals surface area contributed by atoms with Crippen molar-refractivity contribution in [2.24, 2.45) is 0 Å².